The summed E-state index contributed by atoms with van der Waals surface area (Å²) < 4.78 is 18.6. The average Bonchev–Trinajstić information content (AvgIpc) is 2.68. The fraction of sp³-hybridized carbons (Fsp3) is 0.273. The molecule has 0 radical (unpaired) electrons. The average molecular weight is 369 g/mol. The van der Waals surface area contributed by atoms with Crippen molar-refractivity contribution >= 4 is 18.0 Å². The first-order valence-corrected chi connectivity index (χ1v) is 8.97. The highest BCUT2D eigenvalue weighted by Gasteiger charge is 2.18. The Morgan fingerprint density at radius 3 is 2.44 bits per heavy atom. The van der Waals surface area contributed by atoms with Crippen LogP contribution in [0.5, 0.6) is 0 Å². The van der Waals surface area contributed by atoms with Gasteiger partial charge in [-0.05, 0) is 31.1 Å². The van der Waals surface area contributed by atoms with E-state index in [1.807, 2.05) is 30.3 Å². The lowest BCUT2D eigenvalue weighted by atomic mass is 9.96. The van der Waals surface area contributed by atoms with Crippen molar-refractivity contribution in [3.8, 4) is 0 Å². The highest BCUT2D eigenvalue weighted by molar-refractivity contribution is 5.90. The van der Waals surface area contributed by atoms with Crippen LogP contribution in [0.2, 0.25) is 0 Å². The maximum atomic E-state index is 13.5. The smallest absolute Gasteiger partial charge is 0.331 e. The highest BCUT2D eigenvalue weighted by Crippen LogP contribution is 2.18. The predicted molar refractivity (Wildman–Crippen MR) is 103 cm³/mol. The van der Waals surface area contributed by atoms with E-state index in [2.05, 4.69) is 12.2 Å². The Morgan fingerprint density at radius 1 is 1.11 bits per heavy atom. The molecule has 0 fully saturated rings. The quantitative estimate of drug-likeness (QED) is 0.563. The number of esters is 1. The Morgan fingerprint density at radius 2 is 1.78 bits per heavy atom. The zero-order chi connectivity index (χ0) is 19.6. The van der Waals surface area contributed by atoms with Gasteiger partial charge in [0.05, 0.1) is 0 Å². The third kappa shape index (κ3) is 6.37. The summed E-state index contributed by atoms with van der Waals surface area (Å²) in [6.07, 6.45) is 2.38. The summed E-state index contributed by atoms with van der Waals surface area (Å²) >= 11 is 0. The van der Waals surface area contributed by atoms with Gasteiger partial charge in [0, 0.05) is 24.1 Å². The van der Waals surface area contributed by atoms with Crippen molar-refractivity contribution in [1.29, 1.82) is 0 Å². The van der Waals surface area contributed by atoms with Crippen molar-refractivity contribution in [2.45, 2.75) is 32.3 Å². The molecular formula is C22H24FNO3. The van der Waals surface area contributed by atoms with Gasteiger partial charge in [-0.2, -0.15) is 0 Å². The molecule has 2 rings (SSSR count). The SMILES string of the molecule is CC[C@H](CNC(=O)[C@@H](C)OC(=O)/C=C/c1ccccc1F)c1ccccc1. The van der Waals surface area contributed by atoms with Crippen LogP contribution in [0.15, 0.2) is 60.7 Å². The number of halogens is 1. The van der Waals surface area contributed by atoms with E-state index < -0.39 is 17.9 Å². The van der Waals surface area contributed by atoms with E-state index in [9.17, 15) is 14.0 Å². The summed E-state index contributed by atoms with van der Waals surface area (Å²) in [5, 5.41) is 2.82. The third-order valence-corrected chi connectivity index (χ3v) is 4.25. The first-order valence-electron chi connectivity index (χ1n) is 8.97. The molecular weight excluding hydrogens is 345 g/mol. The number of rotatable bonds is 8. The number of amides is 1. The van der Waals surface area contributed by atoms with E-state index in [0.717, 1.165) is 18.1 Å². The largest absolute Gasteiger partial charge is 0.449 e. The van der Waals surface area contributed by atoms with Crippen LogP contribution in [-0.2, 0) is 14.3 Å². The Bertz CT molecular complexity index is 789. The molecule has 0 spiro atoms. The first kappa shape index (κ1) is 20.4. The zero-order valence-corrected chi connectivity index (χ0v) is 15.5. The molecule has 5 heteroatoms. The standard InChI is InChI=1S/C22H24FNO3/c1-3-17(18-9-5-4-6-10-18)15-24-22(26)16(2)27-21(25)14-13-19-11-7-8-12-20(19)23/h4-14,16-17H,3,15H2,1-2H3,(H,24,26)/b14-13+/t16-,17-/m1/s1. The summed E-state index contributed by atoms with van der Waals surface area (Å²) in [7, 11) is 0. The number of carbonyl (C=O) groups excluding carboxylic acids is 2. The monoisotopic (exact) mass is 369 g/mol. The molecule has 1 N–H and O–H groups in total. The van der Waals surface area contributed by atoms with Gasteiger partial charge < -0.3 is 10.1 Å². The molecule has 0 aliphatic carbocycles. The van der Waals surface area contributed by atoms with Gasteiger partial charge in [0.25, 0.3) is 5.91 Å². The van der Waals surface area contributed by atoms with Gasteiger partial charge in [-0.15, -0.1) is 0 Å². The van der Waals surface area contributed by atoms with E-state index >= 15 is 0 Å². The second-order valence-electron chi connectivity index (χ2n) is 6.19. The lowest BCUT2D eigenvalue weighted by molar-refractivity contribution is -0.150. The molecule has 0 aliphatic rings. The Balaban J connectivity index is 1.84. The fourth-order valence-corrected chi connectivity index (χ4v) is 2.63. The van der Waals surface area contributed by atoms with Crippen LogP contribution in [0.25, 0.3) is 6.08 Å². The van der Waals surface area contributed by atoms with Gasteiger partial charge >= 0.3 is 5.97 Å². The van der Waals surface area contributed by atoms with Crippen molar-refractivity contribution in [2.24, 2.45) is 0 Å². The molecule has 0 aliphatic heterocycles. The number of benzene rings is 2. The number of carbonyl (C=O) groups is 2. The molecule has 2 aromatic carbocycles. The van der Waals surface area contributed by atoms with Crippen LogP contribution in [0.4, 0.5) is 4.39 Å². The third-order valence-electron chi connectivity index (χ3n) is 4.25. The number of nitrogens with one attached hydrogen (secondary N) is 1. The van der Waals surface area contributed by atoms with E-state index in [-0.39, 0.29) is 17.4 Å². The van der Waals surface area contributed by atoms with Crippen LogP contribution in [0.3, 0.4) is 0 Å². The summed E-state index contributed by atoms with van der Waals surface area (Å²) in [6, 6.07) is 16.0. The minimum atomic E-state index is -0.934. The van der Waals surface area contributed by atoms with Crippen molar-refractivity contribution in [1.82, 2.24) is 5.32 Å². The molecule has 2 aromatic rings. The van der Waals surface area contributed by atoms with Crippen LogP contribution < -0.4 is 5.32 Å². The minimum absolute atomic E-state index is 0.194. The molecule has 27 heavy (non-hydrogen) atoms. The second-order valence-corrected chi connectivity index (χ2v) is 6.19. The Hall–Kier alpha value is -2.95. The van der Waals surface area contributed by atoms with Gasteiger partial charge in [0.2, 0.25) is 0 Å². The molecule has 0 saturated carbocycles. The Labute approximate surface area is 159 Å². The summed E-state index contributed by atoms with van der Waals surface area (Å²) in [5.74, 6) is -1.30. The number of ether oxygens (including phenoxy) is 1. The lowest BCUT2D eigenvalue weighted by Crippen LogP contribution is -2.37. The van der Waals surface area contributed by atoms with Gasteiger partial charge in [-0.3, -0.25) is 4.79 Å². The summed E-state index contributed by atoms with van der Waals surface area (Å²) in [6.45, 7) is 4.03. The molecule has 1 amide bonds. The van der Waals surface area contributed by atoms with Crippen LogP contribution in [0.1, 0.15) is 37.3 Å². The van der Waals surface area contributed by atoms with E-state index in [0.29, 0.717) is 6.54 Å². The highest BCUT2D eigenvalue weighted by atomic mass is 19.1. The molecule has 0 saturated heterocycles. The Kier molecular flexibility index (Phi) is 7.74. The van der Waals surface area contributed by atoms with E-state index in [1.54, 1.807) is 18.2 Å². The molecule has 0 heterocycles. The lowest BCUT2D eigenvalue weighted by Gasteiger charge is -2.18. The maximum Gasteiger partial charge on any atom is 0.331 e. The topological polar surface area (TPSA) is 55.4 Å². The van der Waals surface area contributed by atoms with Crippen LogP contribution in [-0.4, -0.2) is 24.5 Å². The second kappa shape index (κ2) is 10.3. The van der Waals surface area contributed by atoms with Crippen molar-refractivity contribution < 1.29 is 18.7 Å². The van der Waals surface area contributed by atoms with E-state index in [1.165, 1.54) is 19.1 Å². The molecule has 0 bridgehead atoms. The first-order chi connectivity index (χ1) is 13.0. The van der Waals surface area contributed by atoms with Crippen LogP contribution in [0, 0.1) is 5.82 Å². The zero-order valence-electron chi connectivity index (χ0n) is 15.5. The summed E-state index contributed by atoms with van der Waals surface area (Å²) in [4.78, 5) is 24.0. The van der Waals surface area contributed by atoms with Crippen molar-refractivity contribution in [2.75, 3.05) is 6.54 Å². The fourth-order valence-electron chi connectivity index (χ4n) is 2.63. The minimum Gasteiger partial charge on any atom is -0.449 e. The van der Waals surface area contributed by atoms with Crippen LogP contribution >= 0.6 is 0 Å². The van der Waals surface area contributed by atoms with Gasteiger partial charge in [0.1, 0.15) is 5.82 Å². The molecule has 0 unspecified atom stereocenters. The maximum absolute atomic E-state index is 13.5. The molecule has 142 valence electrons. The van der Waals surface area contributed by atoms with Gasteiger partial charge in [-0.25, -0.2) is 9.18 Å². The normalized spacial score (nSPS) is 13.1. The number of hydrogen-bond acceptors (Lipinski definition) is 3. The van der Waals surface area contributed by atoms with Gasteiger partial charge in [0.15, 0.2) is 6.10 Å². The molecule has 0 aromatic heterocycles. The number of hydrogen-bond donors (Lipinski definition) is 1. The van der Waals surface area contributed by atoms with E-state index in [4.69, 9.17) is 4.74 Å². The van der Waals surface area contributed by atoms with Crippen molar-refractivity contribution in [3.05, 3.63) is 77.6 Å². The molecule has 2 atom stereocenters. The van der Waals surface area contributed by atoms with Crippen molar-refractivity contribution in [3.63, 3.8) is 0 Å². The van der Waals surface area contributed by atoms with Gasteiger partial charge in [-0.1, -0.05) is 55.5 Å². The summed E-state index contributed by atoms with van der Waals surface area (Å²) in [5.41, 5.74) is 1.43. The molecule has 4 nitrogen and oxygen atoms in total. The predicted octanol–water partition coefficient (Wildman–Crippen LogP) is 4.08.